The molecule has 0 spiro atoms. The maximum Gasteiger partial charge on any atom is 0.127 e. The van der Waals surface area contributed by atoms with Gasteiger partial charge in [-0.3, -0.25) is 0 Å². The second kappa shape index (κ2) is 5.87. The summed E-state index contributed by atoms with van der Waals surface area (Å²) in [6, 6.07) is 12.6. The molecular weight excluding hydrogens is 290 g/mol. The summed E-state index contributed by atoms with van der Waals surface area (Å²) in [4.78, 5) is 4.19. The van der Waals surface area contributed by atoms with Gasteiger partial charge in [-0.1, -0.05) is 28.1 Å². The molecular formula is C14H16BrN3. The van der Waals surface area contributed by atoms with Crippen molar-refractivity contribution in [3.63, 3.8) is 0 Å². The summed E-state index contributed by atoms with van der Waals surface area (Å²) in [7, 11) is 1.87. The number of aromatic nitrogens is 1. The van der Waals surface area contributed by atoms with Crippen LogP contribution in [0, 0.1) is 0 Å². The molecule has 4 heteroatoms. The second-order valence-electron chi connectivity index (χ2n) is 4.10. The van der Waals surface area contributed by atoms with Crippen LogP contribution >= 0.6 is 15.9 Å². The van der Waals surface area contributed by atoms with E-state index in [4.69, 9.17) is 0 Å². The zero-order chi connectivity index (χ0) is 13.0. The lowest BCUT2D eigenvalue weighted by Gasteiger charge is -2.16. The second-order valence-corrected chi connectivity index (χ2v) is 5.01. The lowest BCUT2D eigenvalue weighted by Crippen LogP contribution is -2.07. The molecule has 1 heterocycles. The van der Waals surface area contributed by atoms with E-state index in [1.807, 2.05) is 19.2 Å². The Bertz CT molecular complexity index is 511. The standard InChI is InChI=1S/C14H16BrN3/c1-10(11-3-5-12(15)6-4-11)18-13-7-8-17-14(9-13)16-2/h3-10H,1-2H3,(H2,16,17,18). The van der Waals surface area contributed by atoms with Gasteiger partial charge in [0, 0.05) is 35.5 Å². The Morgan fingerprint density at radius 1 is 1.17 bits per heavy atom. The third kappa shape index (κ3) is 3.23. The van der Waals surface area contributed by atoms with E-state index in [0.717, 1.165) is 16.0 Å². The molecule has 0 fully saturated rings. The Labute approximate surface area is 116 Å². The van der Waals surface area contributed by atoms with Crippen LogP contribution in [0.1, 0.15) is 18.5 Å². The number of benzene rings is 1. The fourth-order valence-electron chi connectivity index (χ4n) is 1.74. The summed E-state index contributed by atoms with van der Waals surface area (Å²) in [5.41, 5.74) is 2.31. The first-order valence-electron chi connectivity index (χ1n) is 5.85. The minimum atomic E-state index is 0.255. The molecule has 3 nitrogen and oxygen atoms in total. The lowest BCUT2D eigenvalue weighted by molar-refractivity contribution is 0.884. The van der Waals surface area contributed by atoms with Crippen molar-refractivity contribution in [1.29, 1.82) is 0 Å². The van der Waals surface area contributed by atoms with Crippen molar-refractivity contribution in [2.75, 3.05) is 17.7 Å². The fraction of sp³-hybridized carbons (Fsp3) is 0.214. The molecule has 0 aliphatic rings. The van der Waals surface area contributed by atoms with Crippen molar-refractivity contribution >= 4 is 27.4 Å². The smallest absolute Gasteiger partial charge is 0.127 e. The molecule has 1 aromatic heterocycles. The molecule has 1 unspecified atom stereocenters. The number of rotatable bonds is 4. The molecule has 1 aromatic carbocycles. The van der Waals surface area contributed by atoms with Crippen LogP contribution in [0.2, 0.25) is 0 Å². The van der Waals surface area contributed by atoms with E-state index in [1.54, 1.807) is 6.20 Å². The number of hydrogen-bond acceptors (Lipinski definition) is 3. The Morgan fingerprint density at radius 3 is 2.56 bits per heavy atom. The first kappa shape index (κ1) is 12.9. The fourth-order valence-corrected chi connectivity index (χ4v) is 2.01. The zero-order valence-electron chi connectivity index (χ0n) is 10.4. The Kier molecular flexibility index (Phi) is 4.20. The topological polar surface area (TPSA) is 37.0 Å². The minimum Gasteiger partial charge on any atom is -0.378 e. The maximum atomic E-state index is 4.19. The van der Waals surface area contributed by atoms with E-state index < -0.39 is 0 Å². The largest absolute Gasteiger partial charge is 0.378 e. The van der Waals surface area contributed by atoms with Gasteiger partial charge in [-0.2, -0.15) is 0 Å². The van der Waals surface area contributed by atoms with E-state index in [2.05, 4.69) is 62.7 Å². The molecule has 1 atom stereocenters. The van der Waals surface area contributed by atoms with Crippen LogP contribution in [0.4, 0.5) is 11.5 Å². The van der Waals surface area contributed by atoms with Crippen LogP contribution < -0.4 is 10.6 Å². The summed E-state index contributed by atoms with van der Waals surface area (Å²) in [6.45, 7) is 2.14. The highest BCUT2D eigenvalue weighted by Gasteiger charge is 2.05. The maximum absolute atomic E-state index is 4.19. The van der Waals surface area contributed by atoms with Gasteiger partial charge in [0.25, 0.3) is 0 Å². The predicted molar refractivity (Wildman–Crippen MR) is 80.0 cm³/mol. The van der Waals surface area contributed by atoms with Crippen LogP contribution in [0.5, 0.6) is 0 Å². The van der Waals surface area contributed by atoms with Gasteiger partial charge in [-0.05, 0) is 30.7 Å². The summed E-state index contributed by atoms with van der Waals surface area (Å²) in [5, 5.41) is 6.49. The summed E-state index contributed by atoms with van der Waals surface area (Å²) >= 11 is 3.44. The quantitative estimate of drug-likeness (QED) is 0.894. The number of hydrogen-bond donors (Lipinski definition) is 2. The highest BCUT2D eigenvalue weighted by Crippen LogP contribution is 2.21. The summed E-state index contributed by atoms with van der Waals surface area (Å²) in [5.74, 6) is 0.864. The average Bonchev–Trinajstić information content (AvgIpc) is 2.39. The van der Waals surface area contributed by atoms with Crippen molar-refractivity contribution in [1.82, 2.24) is 4.98 Å². The molecule has 2 N–H and O–H groups in total. The van der Waals surface area contributed by atoms with Crippen LogP contribution in [0.15, 0.2) is 47.1 Å². The van der Waals surface area contributed by atoms with Gasteiger partial charge < -0.3 is 10.6 Å². The number of anilines is 2. The van der Waals surface area contributed by atoms with Crippen LogP contribution in [-0.4, -0.2) is 12.0 Å². The number of nitrogens with one attached hydrogen (secondary N) is 2. The first-order chi connectivity index (χ1) is 8.69. The molecule has 0 aliphatic carbocycles. The van der Waals surface area contributed by atoms with Crippen molar-refractivity contribution in [2.24, 2.45) is 0 Å². The van der Waals surface area contributed by atoms with E-state index in [0.29, 0.717) is 0 Å². The normalized spacial score (nSPS) is 11.9. The molecule has 0 radical (unpaired) electrons. The van der Waals surface area contributed by atoms with Crippen molar-refractivity contribution in [2.45, 2.75) is 13.0 Å². The molecule has 94 valence electrons. The number of nitrogens with zero attached hydrogens (tertiary/aromatic N) is 1. The molecule has 0 bridgehead atoms. The van der Waals surface area contributed by atoms with Crippen molar-refractivity contribution in [3.05, 3.63) is 52.6 Å². The molecule has 18 heavy (non-hydrogen) atoms. The third-order valence-corrected chi connectivity index (χ3v) is 3.30. The Hall–Kier alpha value is -1.55. The lowest BCUT2D eigenvalue weighted by atomic mass is 10.1. The van der Waals surface area contributed by atoms with E-state index in [9.17, 15) is 0 Å². The van der Waals surface area contributed by atoms with E-state index in [-0.39, 0.29) is 6.04 Å². The molecule has 2 rings (SSSR count). The molecule has 0 amide bonds. The molecule has 2 aromatic rings. The van der Waals surface area contributed by atoms with Gasteiger partial charge in [0.05, 0.1) is 0 Å². The first-order valence-corrected chi connectivity index (χ1v) is 6.64. The minimum absolute atomic E-state index is 0.255. The van der Waals surface area contributed by atoms with E-state index >= 15 is 0 Å². The van der Waals surface area contributed by atoms with Crippen molar-refractivity contribution in [3.8, 4) is 0 Å². The SMILES string of the molecule is CNc1cc(NC(C)c2ccc(Br)cc2)ccn1. The van der Waals surface area contributed by atoms with Crippen LogP contribution in [0.3, 0.4) is 0 Å². The zero-order valence-corrected chi connectivity index (χ0v) is 12.0. The van der Waals surface area contributed by atoms with Crippen molar-refractivity contribution < 1.29 is 0 Å². The summed E-state index contributed by atoms with van der Waals surface area (Å²) < 4.78 is 1.10. The Morgan fingerprint density at radius 2 is 1.89 bits per heavy atom. The van der Waals surface area contributed by atoms with Gasteiger partial charge >= 0.3 is 0 Å². The van der Waals surface area contributed by atoms with E-state index in [1.165, 1.54) is 5.56 Å². The molecule has 0 saturated heterocycles. The molecule has 0 saturated carbocycles. The third-order valence-electron chi connectivity index (χ3n) is 2.77. The number of pyridine rings is 1. The van der Waals surface area contributed by atoms with Gasteiger partial charge in [0.2, 0.25) is 0 Å². The Balaban J connectivity index is 2.10. The monoisotopic (exact) mass is 305 g/mol. The average molecular weight is 306 g/mol. The van der Waals surface area contributed by atoms with Crippen LogP contribution in [0.25, 0.3) is 0 Å². The highest BCUT2D eigenvalue weighted by molar-refractivity contribution is 9.10. The summed E-state index contributed by atoms with van der Waals surface area (Å²) in [6.07, 6.45) is 1.79. The highest BCUT2D eigenvalue weighted by atomic mass is 79.9. The van der Waals surface area contributed by atoms with Gasteiger partial charge in [0.1, 0.15) is 5.82 Å². The van der Waals surface area contributed by atoms with Gasteiger partial charge in [0.15, 0.2) is 0 Å². The molecule has 0 aliphatic heterocycles. The predicted octanol–water partition coefficient (Wildman–Crippen LogP) is 4.06. The van der Waals surface area contributed by atoms with Crippen LogP contribution in [-0.2, 0) is 0 Å². The van der Waals surface area contributed by atoms with Gasteiger partial charge in [-0.15, -0.1) is 0 Å². The number of halogens is 1. The van der Waals surface area contributed by atoms with Gasteiger partial charge in [-0.25, -0.2) is 4.98 Å².